The second kappa shape index (κ2) is 3.06. The quantitative estimate of drug-likeness (QED) is 0.731. The summed E-state index contributed by atoms with van der Waals surface area (Å²) in [5.41, 5.74) is 0. The van der Waals surface area contributed by atoms with Crippen LogP contribution >= 0.6 is 22.6 Å². The third-order valence-corrected chi connectivity index (χ3v) is 2.75. The van der Waals surface area contributed by atoms with E-state index in [0.29, 0.717) is 0 Å². The van der Waals surface area contributed by atoms with Crippen LogP contribution in [0.5, 0.6) is 11.5 Å². The fourth-order valence-corrected chi connectivity index (χ4v) is 1.74. The minimum atomic E-state index is 0.244. The number of hydrogen-bond acceptors (Lipinski definition) is 2. The van der Waals surface area contributed by atoms with Crippen molar-refractivity contribution in [3.63, 3.8) is 0 Å². The third-order valence-electron chi connectivity index (χ3n) is 1.89. The summed E-state index contributed by atoms with van der Waals surface area (Å²) in [4.78, 5) is 0. The van der Waals surface area contributed by atoms with Gasteiger partial charge in [0, 0.05) is 0 Å². The predicted molar refractivity (Wildman–Crippen MR) is 60.0 cm³/mol. The highest BCUT2D eigenvalue weighted by Gasteiger charge is 2.01. The van der Waals surface area contributed by atoms with Crippen LogP contribution in [0.25, 0.3) is 10.8 Å². The molecule has 2 nitrogen and oxygen atoms in total. The van der Waals surface area contributed by atoms with Crippen molar-refractivity contribution >= 4 is 33.4 Å². The first-order valence-corrected chi connectivity index (χ1v) is 4.86. The van der Waals surface area contributed by atoms with Crippen LogP contribution in [-0.2, 0) is 0 Å². The molecule has 0 unspecified atom stereocenters. The van der Waals surface area contributed by atoms with Gasteiger partial charge in [0.2, 0.25) is 0 Å². The fourth-order valence-electron chi connectivity index (χ4n) is 1.25. The van der Waals surface area contributed by atoms with E-state index in [-0.39, 0.29) is 11.5 Å². The molecule has 3 heteroatoms. The molecular weight excluding hydrogens is 279 g/mol. The molecule has 2 N–H and O–H groups in total. The highest BCUT2D eigenvalue weighted by atomic mass is 127. The summed E-state index contributed by atoms with van der Waals surface area (Å²) in [6.45, 7) is 0. The van der Waals surface area contributed by atoms with Gasteiger partial charge in [-0.1, -0.05) is 6.07 Å². The van der Waals surface area contributed by atoms with E-state index >= 15 is 0 Å². The first-order chi connectivity index (χ1) is 6.16. The summed E-state index contributed by atoms with van der Waals surface area (Å²) in [6.07, 6.45) is 0. The van der Waals surface area contributed by atoms with Crippen LogP contribution < -0.4 is 0 Å². The zero-order valence-electron chi connectivity index (χ0n) is 6.66. The number of hydrogen-bond donors (Lipinski definition) is 2. The van der Waals surface area contributed by atoms with Crippen LogP contribution in [0.2, 0.25) is 0 Å². The van der Waals surface area contributed by atoms with Crippen molar-refractivity contribution in [1.82, 2.24) is 0 Å². The van der Waals surface area contributed by atoms with E-state index in [1.54, 1.807) is 24.3 Å². The van der Waals surface area contributed by atoms with Crippen LogP contribution in [0, 0.1) is 3.57 Å². The molecule has 0 amide bonds. The molecule has 2 rings (SSSR count). The van der Waals surface area contributed by atoms with E-state index < -0.39 is 0 Å². The lowest BCUT2D eigenvalue weighted by atomic mass is 10.1. The molecule has 0 spiro atoms. The summed E-state index contributed by atoms with van der Waals surface area (Å²) in [6, 6.07) is 8.59. The molecule has 0 aromatic heterocycles. The van der Waals surface area contributed by atoms with Crippen molar-refractivity contribution in [2.45, 2.75) is 0 Å². The summed E-state index contributed by atoms with van der Waals surface area (Å²) < 4.78 is 0.788. The number of benzene rings is 2. The van der Waals surface area contributed by atoms with Crippen LogP contribution in [-0.4, -0.2) is 10.2 Å². The normalized spacial score (nSPS) is 10.5. The second-order valence-electron chi connectivity index (χ2n) is 2.84. The van der Waals surface area contributed by atoms with Crippen LogP contribution in [0.3, 0.4) is 0 Å². The zero-order chi connectivity index (χ0) is 9.42. The van der Waals surface area contributed by atoms with E-state index in [0.717, 1.165) is 14.3 Å². The lowest BCUT2D eigenvalue weighted by molar-refractivity contribution is 0.471. The molecule has 0 saturated heterocycles. The Bertz CT molecular complexity index is 466. The Balaban J connectivity index is 2.81. The molecular formula is C10H7IO2. The van der Waals surface area contributed by atoms with Gasteiger partial charge in [-0.25, -0.2) is 0 Å². The largest absolute Gasteiger partial charge is 0.508 e. The first kappa shape index (κ1) is 8.62. The SMILES string of the molecule is Oc1ccc2cc(O)c(I)cc2c1. The maximum atomic E-state index is 9.42. The van der Waals surface area contributed by atoms with Gasteiger partial charge in [-0.3, -0.25) is 0 Å². The highest BCUT2D eigenvalue weighted by molar-refractivity contribution is 14.1. The van der Waals surface area contributed by atoms with Gasteiger partial charge in [0.05, 0.1) is 3.57 Å². The first-order valence-electron chi connectivity index (χ1n) is 3.78. The Morgan fingerprint density at radius 3 is 2.46 bits per heavy atom. The number of aromatic hydroxyl groups is 2. The smallest absolute Gasteiger partial charge is 0.129 e. The van der Waals surface area contributed by atoms with Crippen molar-refractivity contribution in [1.29, 1.82) is 0 Å². The van der Waals surface area contributed by atoms with Crippen LogP contribution in [0.4, 0.5) is 0 Å². The summed E-state index contributed by atoms with van der Waals surface area (Å²) in [5, 5.41) is 20.5. The van der Waals surface area contributed by atoms with Gasteiger partial charge in [-0.2, -0.15) is 0 Å². The number of phenols is 2. The van der Waals surface area contributed by atoms with Crippen molar-refractivity contribution in [3.8, 4) is 11.5 Å². The summed E-state index contributed by atoms with van der Waals surface area (Å²) in [7, 11) is 0. The van der Waals surface area contributed by atoms with Gasteiger partial charge in [0.1, 0.15) is 11.5 Å². The van der Waals surface area contributed by atoms with Crippen molar-refractivity contribution in [3.05, 3.63) is 33.9 Å². The van der Waals surface area contributed by atoms with Gasteiger partial charge >= 0.3 is 0 Å². The average Bonchev–Trinajstić information content (AvgIpc) is 2.08. The Hall–Kier alpha value is -0.970. The molecule has 66 valence electrons. The number of phenolic OH excluding ortho intramolecular Hbond substituents is 2. The molecule has 0 aliphatic heterocycles. The Morgan fingerprint density at radius 1 is 0.923 bits per heavy atom. The maximum absolute atomic E-state index is 9.42. The monoisotopic (exact) mass is 286 g/mol. The van der Waals surface area contributed by atoms with E-state index in [9.17, 15) is 10.2 Å². The fraction of sp³-hybridized carbons (Fsp3) is 0. The van der Waals surface area contributed by atoms with Gasteiger partial charge in [0.15, 0.2) is 0 Å². The number of fused-ring (bicyclic) bond motifs is 1. The Labute approximate surface area is 89.0 Å². The van der Waals surface area contributed by atoms with Crippen LogP contribution in [0.1, 0.15) is 0 Å². The van der Waals surface area contributed by atoms with Crippen molar-refractivity contribution in [2.24, 2.45) is 0 Å². The molecule has 0 saturated carbocycles. The topological polar surface area (TPSA) is 40.5 Å². The molecule has 0 heterocycles. The van der Waals surface area contributed by atoms with E-state index in [2.05, 4.69) is 22.6 Å². The predicted octanol–water partition coefficient (Wildman–Crippen LogP) is 2.86. The molecule has 0 aliphatic carbocycles. The van der Waals surface area contributed by atoms with Gasteiger partial charge in [-0.15, -0.1) is 0 Å². The summed E-state index contributed by atoms with van der Waals surface area (Å²) >= 11 is 2.05. The maximum Gasteiger partial charge on any atom is 0.129 e. The molecule has 2 aromatic rings. The molecule has 0 aliphatic rings. The number of rotatable bonds is 0. The summed E-state index contributed by atoms with van der Waals surface area (Å²) in [5.74, 6) is 0.521. The van der Waals surface area contributed by atoms with Crippen LogP contribution in [0.15, 0.2) is 30.3 Å². The lowest BCUT2D eigenvalue weighted by Gasteiger charge is -2.01. The van der Waals surface area contributed by atoms with E-state index in [1.807, 2.05) is 6.07 Å². The molecule has 13 heavy (non-hydrogen) atoms. The van der Waals surface area contributed by atoms with Gasteiger partial charge in [-0.05, 0) is 57.6 Å². The van der Waals surface area contributed by atoms with E-state index in [1.165, 1.54) is 0 Å². The van der Waals surface area contributed by atoms with Gasteiger partial charge in [0.25, 0.3) is 0 Å². The Kier molecular flexibility index (Phi) is 2.03. The van der Waals surface area contributed by atoms with Crippen molar-refractivity contribution in [2.75, 3.05) is 0 Å². The Morgan fingerprint density at radius 2 is 1.69 bits per heavy atom. The standard InChI is InChI=1S/C10H7IO2/c11-9-4-7-3-8(12)2-1-6(7)5-10(9)13/h1-5,12-13H. The molecule has 0 radical (unpaired) electrons. The van der Waals surface area contributed by atoms with Gasteiger partial charge < -0.3 is 10.2 Å². The lowest BCUT2D eigenvalue weighted by Crippen LogP contribution is -1.76. The number of halogens is 1. The molecule has 0 fully saturated rings. The molecule has 0 atom stereocenters. The van der Waals surface area contributed by atoms with Crippen molar-refractivity contribution < 1.29 is 10.2 Å². The highest BCUT2D eigenvalue weighted by Crippen LogP contribution is 2.28. The average molecular weight is 286 g/mol. The molecule has 2 aromatic carbocycles. The zero-order valence-corrected chi connectivity index (χ0v) is 8.82. The molecule has 0 bridgehead atoms. The second-order valence-corrected chi connectivity index (χ2v) is 4.00. The minimum Gasteiger partial charge on any atom is -0.508 e. The third kappa shape index (κ3) is 1.56. The van der Waals surface area contributed by atoms with E-state index in [4.69, 9.17) is 0 Å². The minimum absolute atomic E-state index is 0.244.